The van der Waals surface area contributed by atoms with E-state index in [1.807, 2.05) is 0 Å². The lowest BCUT2D eigenvalue weighted by atomic mass is 9.73. The molecule has 0 N–H and O–H groups in total. The summed E-state index contributed by atoms with van der Waals surface area (Å²) in [6.07, 6.45) is 2.27. The summed E-state index contributed by atoms with van der Waals surface area (Å²) >= 11 is 0. The molecule has 0 fully saturated rings. The van der Waals surface area contributed by atoms with Crippen LogP contribution >= 0.6 is 0 Å². The van der Waals surface area contributed by atoms with Gasteiger partial charge in [-0.05, 0) is 24.5 Å². The molecule has 1 heterocycles. The van der Waals surface area contributed by atoms with E-state index >= 15 is 0 Å². The zero-order chi connectivity index (χ0) is 16.5. The minimum absolute atomic E-state index is 0.0777. The predicted molar refractivity (Wildman–Crippen MR) is 71.6 cm³/mol. The lowest BCUT2D eigenvalue weighted by Gasteiger charge is -2.27. The largest absolute Gasteiger partial charge is 0.294 e. The van der Waals surface area contributed by atoms with Gasteiger partial charge in [-0.15, -0.1) is 0 Å². The Kier molecular flexibility index (Phi) is 2.67. The molecule has 0 aromatic heterocycles. The summed E-state index contributed by atoms with van der Waals surface area (Å²) in [5, 5.41) is 0. The highest BCUT2D eigenvalue weighted by molar-refractivity contribution is 6.37. The maximum absolute atomic E-state index is 13.4. The summed E-state index contributed by atoms with van der Waals surface area (Å²) in [5.41, 5.74) is 0.291. The molecule has 2 amide bonds. The molecule has 1 aromatic carbocycles. The van der Waals surface area contributed by atoms with E-state index in [2.05, 4.69) is 0 Å². The molecule has 1 aromatic rings. The summed E-state index contributed by atoms with van der Waals surface area (Å²) in [4.78, 5) is 37.5. The van der Waals surface area contributed by atoms with Crippen LogP contribution in [0.3, 0.4) is 0 Å². The molecule has 7 heteroatoms. The fraction of sp³-hybridized carbons (Fsp3) is 0.188. The fourth-order valence-corrected chi connectivity index (χ4v) is 3.36. The number of nitrogens with zero attached hydrogens (tertiary/aromatic N) is 1. The van der Waals surface area contributed by atoms with Gasteiger partial charge in [-0.1, -0.05) is 0 Å². The number of allylic oxidation sites excluding steroid dienone is 1. The van der Waals surface area contributed by atoms with Crippen molar-refractivity contribution in [1.29, 1.82) is 0 Å². The van der Waals surface area contributed by atoms with Crippen LogP contribution < -0.4 is 4.90 Å². The monoisotopic (exact) mass is 319 g/mol. The number of benzene rings is 1. The molecule has 4 nitrogen and oxygen atoms in total. The average Bonchev–Trinajstić information content (AvgIpc) is 2.78. The molecule has 0 saturated heterocycles. The van der Waals surface area contributed by atoms with Gasteiger partial charge in [0.25, 0.3) is 11.8 Å². The molecule has 5 rings (SSSR count). The standard InChI is InChI=1S/C16H8F3NO3/c17-9-4-7(5-10(18)14(9)19)20-15(22)12-6-1-2-8(11(21)3-6)13(12)16(20)23/h3-5,8H,1-2H2. The summed E-state index contributed by atoms with van der Waals surface area (Å²) in [7, 11) is 0. The lowest BCUT2D eigenvalue weighted by Crippen LogP contribution is -2.33. The molecule has 23 heavy (non-hydrogen) atoms. The van der Waals surface area contributed by atoms with Gasteiger partial charge in [-0.25, -0.2) is 18.1 Å². The van der Waals surface area contributed by atoms with E-state index in [-0.39, 0.29) is 16.9 Å². The van der Waals surface area contributed by atoms with E-state index in [0.29, 0.717) is 35.4 Å². The Balaban J connectivity index is 1.84. The van der Waals surface area contributed by atoms with Crippen molar-refractivity contribution in [1.82, 2.24) is 0 Å². The van der Waals surface area contributed by atoms with Crippen molar-refractivity contribution < 1.29 is 27.6 Å². The van der Waals surface area contributed by atoms with Crippen LogP contribution in [0.15, 0.2) is 34.9 Å². The molecular weight excluding hydrogens is 311 g/mol. The molecule has 3 aliphatic carbocycles. The first kappa shape index (κ1) is 13.9. The zero-order valence-corrected chi connectivity index (χ0v) is 11.5. The molecule has 1 atom stereocenters. The minimum atomic E-state index is -1.68. The summed E-state index contributed by atoms with van der Waals surface area (Å²) < 4.78 is 39.9. The van der Waals surface area contributed by atoms with Crippen LogP contribution in [0.25, 0.3) is 0 Å². The van der Waals surface area contributed by atoms with E-state index in [1.54, 1.807) is 0 Å². The predicted octanol–water partition coefficient (Wildman–Crippen LogP) is 2.19. The number of amides is 2. The number of carbonyl (C=O) groups is 3. The van der Waals surface area contributed by atoms with Crippen molar-refractivity contribution in [3.05, 3.63) is 52.4 Å². The van der Waals surface area contributed by atoms with E-state index in [0.717, 1.165) is 0 Å². The molecule has 0 radical (unpaired) electrons. The van der Waals surface area contributed by atoms with Crippen LogP contribution in [0, 0.1) is 23.4 Å². The second kappa shape index (κ2) is 4.41. The average molecular weight is 319 g/mol. The SMILES string of the molecule is O=C1C=C2CCC1C1=C2C(=O)N(c2cc(F)c(F)c(F)c2)C1=O. The lowest BCUT2D eigenvalue weighted by molar-refractivity contribution is -0.123. The van der Waals surface area contributed by atoms with Crippen molar-refractivity contribution in [3.8, 4) is 0 Å². The molecule has 1 unspecified atom stereocenters. The van der Waals surface area contributed by atoms with Crippen molar-refractivity contribution in [2.45, 2.75) is 12.8 Å². The normalized spacial score (nSPS) is 22.9. The Labute approximate surface area is 127 Å². The maximum Gasteiger partial charge on any atom is 0.266 e. The fourth-order valence-electron chi connectivity index (χ4n) is 3.36. The van der Waals surface area contributed by atoms with E-state index in [1.165, 1.54) is 6.08 Å². The van der Waals surface area contributed by atoms with Crippen molar-refractivity contribution in [2.75, 3.05) is 4.90 Å². The van der Waals surface area contributed by atoms with Crippen LogP contribution in [0.1, 0.15) is 12.8 Å². The van der Waals surface area contributed by atoms with Crippen molar-refractivity contribution >= 4 is 23.3 Å². The third-order valence-electron chi connectivity index (χ3n) is 4.38. The molecule has 2 bridgehead atoms. The highest BCUT2D eigenvalue weighted by Crippen LogP contribution is 2.45. The highest BCUT2D eigenvalue weighted by atomic mass is 19.2. The number of anilines is 1. The summed E-state index contributed by atoms with van der Waals surface area (Å²) in [5.74, 6) is -7.13. The van der Waals surface area contributed by atoms with E-state index < -0.39 is 40.9 Å². The third-order valence-corrected chi connectivity index (χ3v) is 4.38. The maximum atomic E-state index is 13.4. The number of fused-ring (bicyclic) bond motifs is 2. The number of rotatable bonds is 1. The zero-order valence-electron chi connectivity index (χ0n) is 11.5. The van der Waals surface area contributed by atoms with Gasteiger partial charge in [0.05, 0.1) is 17.2 Å². The first-order valence-corrected chi connectivity index (χ1v) is 6.92. The van der Waals surface area contributed by atoms with Gasteiger partial charge >= 0.3 is 0 Å². The second-order valence-corrected chi connectivity index (χ2v) is 5.62. The van der Waals surface area contributed by atoms with Crippen LogP contribution in [0.2, 0.25) is 0 Å². The van der Waals surface area contributed by atoms with Gasteiger partial charge in [-0.3, -0.25) is 14.4 Å². The third kappa shape index (κ3) is 1.70. The molecule has 0 spiro atoms. The number of hydrogen-bond donors (Lipinski definition) is 0. The Morgan fingerprint density at radius 2 is 1.65 bits per heavy atom. The van der Waals surface area contributed by atoms with Crippen molar-refractivity contribution in [2.24, 2.45) is 5.92 Å². The number of imide groups is 1. The number of carbonyl (C=O) groups excluding carboxylic acids is 3. The summed E-state index contributed by atoms with van der Waals surface area (Å²) in [6, 6.07) is 1.18. The first-order chi connectivity index (χ1) is 10.9. The van der Waals surface area contributed by atoms with Crippen LogP contribution in [-0.2, 0) is 14.4 Å². The topological polar surface area (TPSA) is 54.5 Å². The quantitative estimate of drug-likeness (QED) is 0.589. The van der Waals surface area contributed by atoms with Crippen LogP contribution in [0.5, 0.6) is 0 Å². The molecular formula is C16H8F3NO3. The summed E-state index contributed by atoms with van der Waals surface area (Å²) in [6.45, 7) is 0. The second-order valence-electron chi connectivity index (χ2n) is 5.62. The Morgan fingerprint density at radius 1 is 1.00 bits per heavy atom. The first-order valence-electron chi connectivity index (χ1n) is 6.92. The Hall–Kier alpha value is -2.70. The van der Waals surface area contributed by atoms with E-state index in [9.17, 15) is 27.6 Å². The van der Waals surface area contributed by atoms with E-state index in [4.69, 9.17) is 0 Å². The van der Waals surface area contributed by atoms with Gasteiger partial charge in [0.2, 0.25) is 0 Å². The number of halogens is 3. The van der Waals surface area contributed by atoms with Gasteiger partial charge in [0.15, 0.2) is 23.2 Å². The van der Waals surface area contributed by atoms with Crippen LogP contribution in [-0.4, -0.2) is 17.6 Å². The van der Waals surface area contributed by atoms with Crippen LogP contribution in [0.4, 0.5) is 18.9 Å². The molecule has 4 aliphatic rings. The van der Waals surface area contributed by atoms with Gasteiger partial charge < -0.3 is 0 Å². The van der Waals surface area contributed by atoms with Gasteiger partial charge in [-0.2, -0.15) is 0 Å². The van der Waals surface area contributed by atoms with Gasteiger partial charge in [0.1, 0.15) is 0 Å². The number of hydrogen-bond acceptors (Lipinski definition) is 3. The Morgan fingerprint density at radius 3 is 2.26 bits per heavy atom. The molecule has 0 saturated carbocycles. The number of ketones is 1. The van der Waals surface area contributed by atoms with Crippen molar-refractivity contribution in [3.63, 3.8) is 0 Å². The molecule has 116 valence electrons. The highest BCUT2D eigenvalue weighted by Gasteiger charge is 2.49. The minimum Gasteiger partial charge on any atom is -0.294 e. The molecule has 1 aliphatic heterocycles. The van der Waals surface area contributed by atoms with Gasteiger partial charge in [0, 0.05) is 17.7 Å². The smallest absolute Gasteiger partial charge is 0.266 e. The Bertz CT molecular complexity index is 862.